The molecule has 0 saturated carbocycles. The average Bonchev–Trinajstić information content (AvgIpc) is 3.13. The number of ether oxygens (including phenoxy) is 1. The Hall–Kier alpha value is -2.37. The summed E-state index contributed by atoms with van der Waals surface area (Å²) in [7, 11) is 1.65. The Morgan fingerprint density at radius 2 is 1.96 bits per heavy atom. The van der Waals surface area contributed by atoms with Crippen LogP contribution < -0.4 is 20.9 Å². The van der Waals surface area contributed by atoms with Crippen LogP contribution in [0.4, 0.5) is 0 Å². The van der Waals surface area contributed by atoms with E-state index in [0.717, 1.165) is 16.9 Å². The third-order valence-electron chi connectivity index (χ3n) is 4.37. The van der Waals surface area contributed by atoms with E-state index in [9.17, 15) is 4.79 Å². The molecule has 1 aliphatic rings. The molecule has 0 radical (unpaired) electrons. The number of nitrogens with one attached hydrogen (secondary N) is 3. The van der Waals surface area contributed by atoms with Crippen LogP contribution in [-0.2, 0) is 4.79 Å². The van der Waals surface area contributed by atoms with Gasteiger partial charge >= 0.3 is 0 Å². The highest BCUT2D eigenvalue weighted by Crippen LogP contribution is 2.25. The minimum Gasteiger partial charge on any atom is -0.497 e. The number of amides is 1. The molecule has 1 fully saturated rings. The Morgan fingerprint density at radius 1 is 1.17 bits per heavy atom. The van der Waals surface area contributed by atoms with Gasteiger partial charge in [0.05, 0.1) is 13.2 Å². The predicted molar refractivity (Wildman–Crippen MR) is 93.4 cm³/mol. The summed E-state index contributed by atoms with van der Waals surface area (Å²) in [5, 5.41) is 3.07. The monoisotopic (exact) mass is 325 g/mol. The van der Waals surface area contributed by atoms with E-state index < -0.39 is 0 Å². The highest BCUT2D eigenvalue weighted by molar-refractivity contribution is 5.82. The fourth-order valence-electron chi connectivity index (χ4n) is 2.94. The number of hydrogen-bond acceptors (Lipinski definition) is 4. The van der Waals surface area contributed by atoms with Crippen LogP contribution in [0.1, 0.15) is 36.6 Å². The standard InChI is InChI=1S/C19H23N3O2/c1-13(14-7-4-3-5-8-14)20-19(23)18-12-17(21-22-18)15-9-6-10-16(11-15)24-2/h3-11,13,17-18,21-22H,12H2,1-2H3,(H,20,23). The first-order valence-electron chi connectivity index (χ1n) is 8.17. The maximum absolute atomic E-state index is 12.5. The van der Waals surface area contributed by atoms with Crippen molar-refractivity contribution >= 4 is 5.91 Å². The molecule has 0 spiro atoms. The zero-order valence-corrected chi connectivity index (χ0v) is 14.0. The van der Waals surface area contributed by atoms with Gasteiger partial charge in [0.2, 0.25) is 5.91 Å². The quantitative estimate of drug-likeness (QED) is 0.790. The van der Waals surface area contributed by atoms with E-state index >= 15 is 0 Å². The zero-order chi connectivity index (χ0) is 16.9. The molecule has 2 aromatic rings. The van der Waals surface area contributed by atoms with Gasteiger partial charge in [-0.3, -0.25) is 4.79 Å². The average molecular weight is 325 g/mol. The summed E-state index contributed by atoms with van der Waals surface area (Å²) < 4.78 is 5.26. The van der Waals surface area contributed by atoms with Crippen LogP contribution in [0.3, 0.4) is 0 Å². The van der Waals surface area contributed by atoms with Gasteiger partial charge in [-0.1, -0.05) is 42.5 Å². The second kappa shape index (κ2) is 7.47. The molecule has 1 heterocycles. The molecule has 5 nitrogen and oxygen atoms in total. The van der Waals surface area contributed by atoms with E-state index in [0.29, 0.717) is 6.42 Å². The van der Waals surface area contributed by atoms with Gasteiger partial charge < -0.3 is 10.1 Å². The molecular weight excluding hydrogens is 302 g/mol. The fourth-order valence-corrected chi connectivity index (χ4v) is 2.94. The largest absolute Gasteiger partial charge is 0.497 e. The maximum atomic E-state index is 12.5. The molecule has 0 aliphatic carbocycles. The Bertz CT molecular complexity index is 690. The van der Waals surface area contributed by atoms with E-state index in [1.54, 1.807) is 7.11 Å². The maximum Gasteiger partial charge on any atom is 0.239 e. The number of methoxy groups -OCH3 is 1. The molecule has 126 valence electrons. The molecule has 1 amide bonds. The van der Waals surface area contributed by atoms with Crippen molar-refractivity contribution in [3.8, 4) is 5.75 Å². The molecule has 0 aromatic heterocycles. The number of hydrogen-bond donors (Lipinski definition) is 3. The van der Waals surface area contributed by atoms with Crippen molar-refractivity contribution in [2.45, 2.75) is 31.5 Å². The van der Waals surface area contributed by atoms with Crippen LogP contribution >= 0.6 is 0 Å². The normalized spacial score (nSPS) is 21.2. The van der Waals surface area contributed by atoms with Crippen molar-refractivity contribution in [1.82, 2.24) is 16.2 Å². The Kier molecular flexibility index (Phi) is 5.13. The van der Waals surface area contributed by atoms with Gasteiger partial charge in [0.15, 0.2) is 0 Å². The fraction of sp³-hybridized carbons (Fsp3) is 0.316. The van der Waals surface area contributed by atoms with Crippen LogP contribution in [0.2, 0.25) is 0 Å². The molecule has 5 heteroatoms. The van der Waals surface area contributed by atoms with Gasteiger partial charge in [-0.05, 0) is 36.6 Å². The molecule has 3 atom stereocenters. The third kappa shape index (κ3) is 3.75. The van der Waals surface area contributed by atoms with E-state index in [2.05, 4.69) is 16.2 Å². The molecule has 1 aliphatic heterocycles. The Morgan fingerprint density at radius 3 is 2.71 bits per heavy atom. The lowest BCUT2D eigenvalue weighted by molar-refractivity contribution is -0.123. The highest BCUT2D eigenvalue weighted by atomic mass is 16.5. The molecule has 3 N–H and O–H groups in total. The molecule has 3 unspecified atom stereocenters. The minimum atomic E-state index is -0.257. The van der Waals surface area contributed by atoms with Crippen molar-refractivity contribution < 1.29 is 9.53 Å². The number of carbonyl (C=O) groups excluding carboxylic acids is 1. The smallest absolute Gasteiger partial charge is 0.239 e. The van der Waals surface area contributed by atoms with Gasteiger partial charge in [0.25, 0.3) is 0 Å². The number of rotatable bonds is 5. The van der Waals surface area contributed by atoms with Crippen molar-refractivity contribution in [2.24, 2.45) is 0 Å². The summed E-state index contributed by atoms with van der Waals surface area (Å²) in [6.45, 7) is 2.00. The molecular formula is C19H23N3O2. The second-order valence-electron chi connectivity index (χ2n) is 6.05. The first-order valence-corrected chi connectivity index (χ1v) is 8.17. The van der Waals surface area contributed by atoms with Crippen molar-refractivity contribution in [2.75, 3.05) is 7.11 Å². The molecule has 1 saturated heterocycles. The summed E-state index contributed by atoms with van der Waals surface area (Å²) in [5.41, 5.74) is 8.50. The predicted octanol–water partition coefficient (Wildman–Crippen LogP) is 2.48. The van der Waals surface area contributed by atoms with E-state index in [-0.39, 0.29) is 24.0 Å². The van der Waals surface area contributed by atoms with Gasteiger partial charge in [-0.25, -0.2) is 10.9 Å². The summed E-state index contributed by atoms with van der Waals surface area (Å²) in [6.07, 6.45) is 0.695. The molecule has 3 rings (SSSR count). The van der Waals surface area contributed by atoms with Gasteiger partial charge in [0.1, 0.15) is 11.8 Å². The SMILES string of the molecule is COc1cccc(C2CC(C(=O)NC(C)c3ccccc3)NN2)c1. The lowest BCUT2D eigenvalue weighted by Gasteiger charge is -2.17. The first-order chi connectivity index (χ1) is 11.7. The minimum absolute atomic E-state index is 0.00393. The van der Waals surface area contributed by atoms with Crippen LogP contribution in [0.5, 0.6) is 5.75 Å². The summed E-state index contributed by atoms with van der Waals surface area (Å²) in [4.78, 5) is 12.5. The topological polar surface area (TPSA) is 62.4 Å². The number of hydrazine groups is 1. The van der Waals surface area contributed by atoms with Crippen molar-refractivity contribution in [3.63, 3.8) is 0 Å². The van der Waals surface area contributed by atoms with Crippen LogP contribution in [0, 0.1) is 0 Å². The van der Waals surface area contributed by atoms with Gasteiger partial charge in [-0.2, -0.15) is 0 Å². The lowest BCUT2D eigenvalue weighted by Crippen LogP contribution is -2.43. The number of benzene rings is 2. The van der Waals surface area contributed by atoms with E-state index in [1.807, 2.05) is 61.5 Å². The van der Waals surface area contributed by atoms with Crippen molar-refractivity contribution in [1.29, 1.82) is 0 Å². The summed E-state index contributed by atoms with van der Waals surface area (Å²) in [6, 6.07) is 17.7. The summed E-state index contributed by atoms with van der Waals surface area (Å²) in [5.74, 6) is 0.823. The highest BCUT2D eigenvalue weighted by Gasteiger charge is 2.30. The van der Waals surface area contributed by atoms with Crippen LogP contribution in [0.25, 0.3) is 0 Å². The Balaban J connectivity index is 1.59. The summed E-state index contributed by atoms with van der Waals surface area (Å²) >= 11 is 0. The molecule has 0 bridgehead atoms. The second-order valence-corrected chi connectivity index (χ2v) is 6.05. The van der Waals surface area contributed by atoms with Crippen LogP contribution in [-0.4, -0.2) is 19.1 Å². The van der Waals surface area contributed by atoms with E-state index in [1.165, 1.54) is 0 Å². The third-order valence-corrected chi connectivity index (χ3v) is 4.37. The van der Waals surface area contributed by atoms with Gasteiger partial charge in [0, 0.05) is 6.04 Å². The first kappa shape index (κ1) is 16.5. The lowest BCUT2D eigenvalue weighted by atomic mass is 10.0. The van der Waals surface area contributed by atoms with Crippen LogP contribution in [0.15, 0.2) is 54.6 Å². The van der Waals surface area contributed by atoms with Crippen molar-refractivity contribution in [3.05, 3.63) is 65.7 Å². The Labute approximate surface area is 142 Å². The van der Waals surface area contributed by atoms with E-state index in [4.69, 9.17) is 4.74 Å². The van der Waals surface area contributed by atoms with Gasteiger partial charge in [-0.15, -0.1) is 0 Å². The molecule has 2 aromatic carbocycles. The molecule has 24 heavy (non-hydrogen) atoms. The zero-order valence-electron chi connectivity index (χ0n) is 14.0. The number of carbonyl (C=O) groups is 1.